The third-order valence-electron chi connectivity index (χ3n) is 6.99. The van der Waals surface area contributed by atoms with E-state index < -0.39 is 6.04 Å². The largest absolute Gasteiger partial charge is 0.345 e. The normalized spacial score (nSPS) is 29.2. The van der Waals surface area contributed by atoms with Crippen molar-refractivity contribution >= 4 is 30.1 Å². The molecular weight excluding hydrogens is 404 g/mol. The molecular formula is C22H29ClN4O3. The number of amides is 3. The van der Waals surface area contributed by atoms with Crippen LogP contribution in [-0.2, 0) is 9.59 Å². The van der Waals surface area contributed by atoms with Crippen LogP contribution < -0.4 is 10.6 Å². The van der Waals surface area contributed by atoms with E-state index in [9.17, 15) is 14.4 Å². The Morgan fingerprint density at radius 3 is 2.47 bits per heavy atom. The minimum Gasteiger partial charge on any atom is -0.345 e. The summed E-state index contributed by atoms with van der Waals surface area (Å²) in [7, 11) is 1.84. The number of hydrogen-bond donors (Lipinski definition) is 2. The van der Waals surface area contributed by atoms with Crippen LogP contribution in [0.25, 0.3) is 0 Å². The highest BCUT2D eigenvalue weighted by Gasteiger charge is 2.47. The van der Waals surface area contributed by atoms with Crippen LogP contribution in [0.5, 0.6) is 0 Å². The lowest BCUT2D eigenvalue weighted by molar-refractivity contribution is -0.135. The van der Waals surface area contributed by atoms with Crippen LogP contribution in [0, 0.1) is 0 Å². The van der Waals surface area contributed by atoms with Gasteiger partial charge in [-0.15, -0.1) is 12.4 Å². The van der Waals surface area contributed by atoms with Gasteiger partial charge in [0.2, 0.25) is 11.8 Å². The molecule has 1 aromatic carbocycles. The Labute approximate surface area is 183 Å². The number of nitrogens with one attached hydrogen (secondary N) is 2. The fourth-order valence-electron chi connectivity index (χ4n) is 5.26. The molecule has 0 spiro atoms. The number of carbonyl (C=O) groups is 3. The van der Waals surface area contributed by atoms with Gasteiger partial charge in [0.15, 0.2) is 0 Å². The van der Waals surface area contributed by atoms with Gasteiger partial charge in [-0.05, 0) is 50.2 Å². The lowest BCUT2D eigenvalue weighted by Gasteiger charge is -2.35. The van der Waals surface area contributed by atoms with E-state index in [1.165, 1.54) is 12.8 Å². The average Bonchev–Trinajstić information content (AvgIpc) is 3.46. The van der Waals surface area contributed by atoms with Crippen molar-refractivity contribution in [3.8, 4) is 0 Å². The first-order valence-electron chi connectivity index (χ1n) is 10.7. The van der Waals surface area contributed by atoms with E-state index in [2.05, 4.69) is 10.6 Å². The first-order chi connectivity index (χ1) is 14.0. The minimum atomic E-state index is -0.626. The number of hydrogen-bond acceptors (Lipinski definition) is 4. The Hall–Kier alpha value is -2.12. The standard InChI is InChI=1S/C22H28N4O3.ClH/c1-25(16-10-13-6-7-14(11-16)24-13)19(27)12-23-21(28)20-17-4-2-3-5-18(17)22(29)26(20)15-8-9-15;/h2-5,13-16,20,24H,6-12H2,1H3,(H,23,28);1H. The maximum Gasteiger partial charge on any atom is 0.255 e. The second-order valence-electron chi connectivity index (χ2n) is 8.92. The van der Waals surface area contributed by atoms with Crippen molar-refractivity contribution in [1.82, 2.24) is 20.4 Å². The number of piperidine rings is 1. The predicted molar refractivity (Wildman–Crippen MR) is 114 cm³/mol. The molecule has 3 heterocycles. The van der Waals surface area contributed by atoms with Crippen molar-refractivity contribution in [3.05, 3.63) is 35.4 Å². The quantitative estimate of drug-likeness (QED) is 0.740. The molecule has 5 rings (SSSR count). The highest BCUT2D eigenvalue weighted by molar-refractivity contribution is 6.05. The Morgan fingerprint density at radius 2 is 1.80 bits per heavy atom. The van der Waals surface area contributed by atoms with Gasteiger partial charge < -0.3 is 20.4 Å². The van der Waals surface area contributed by atoms with E-state index in [4.69, 9.17) is 0 Å². The van der Waals surface area contributed by atoms with E-state index in [-0.39, 0.29) is 48.8 Å². The fraction of sp³-hybridized carbons (Fsp3) is 0.591. The van der Waals surface area contributed by atoms with Crippen molar-refractivity contribution in [2.45, 2.75) is 68.7 Å². The topological polar surface area (TPSA) is 81.8 Å². The summed E-state index contributed by atoms with van der Waals surface area (Å²) in [5.41, 5.74) is 1.35. The number of fused-ring (bicyclic) bond motifs is 3. The lowest BCUT2D eigenvalue weighted by atomic mass is 9.98. The van der Waals surface area contributed by atoms with Gasteiger partial charge in [-0.2, -0.15) is 0 Å². The van der Waals surface area contributed by atoms with Crippen molar-refractivity contribution < 1.29 is 14.4 Å². The summed E-state index contributed by atoms with van der Waals surface area (Å²) in [6.07, 6.45) is 6.20. The Morgan fingerprint density at radius 1 is 1.13 bits per heavy atom. The minimum absolute atomic E-state index is 0. The van der Waals surface area contributed by atoms with Gasteiger partial charge in [0.05, 0.1) is 6.54 Å². The molecule has 4 aliphatic rings. The van der Waals surface area contributed by atoms with Gasteiger partial charge in [0, 0.05) is 36.8 Å². The molecule has 3 amide bonds. The fourth-order valence-corrected chi connectivity index (χ4v) is 5.26. The van der Waals surface area contributed by atoms with Gasteiger partial charge in [0.25, 0.3) is 5.91 Å². The first kappa shape index (κ1) is 21.1. The smallest absolute Gasteiger partial charge is 0.255 e. The molecule has 162 valence electrons. The van der Waals surface area contributed by atoms with Gasteiger partial charge in [-0.25, -0.2) is 0 Å². The van der Waals surface area contributed by atoms with Gasteiger partial charge in [-0.3, -0.25) is 14.4 Å². The Bertz CT molecular complexity index is 847. The van der Waals surface area contributed by atoms with E-state index in [0.717, 1.165) is 31.2 Å². The van der Waals surface area contributed by atoms with Gasteiger partial charge >= 0.3 is 0 Å². The maximum atomic E-state index is 13.0. The molecule has 7 nitrogen and oxygen atoms in total. The van der Waals surface area contributed by atoms with Crippen molar-refractivity contribution in [2.75, 3.05) is 13.6 Å². The SMILES string of the molecule is CN(C(=O)CNC(=O)C1c2ccccc2C(=O)N1C1CC1)C1CC2CCC(C1)N2.Cl. The molecule has 0 radical (unpaired) electrons. The highest BCUT2D eigenvalue weighted by atomic mass is 35.5. The van der Waals surface area contributed by atoms with Gasteiger partial charge in [-0.1, -0.05) is 18.2 Å². The molecule has 0 aromatic heterocycles. The molecule has 3 unspecified atom stereocenters. The summed E-state index contributed by atoms with van der Waals surface area (Å²) in [4.78, 5) is 42.1. The highest BCUT2D eigenvalue weighted by Crippen LogP contribution is 2.41. The molecule has 8 heteroatoms. The summed E-state index contributed by atoms with van der Waals surface area (Å²) < 4.78 is 0. The van der Waals surface area contributed by atoms with E-state index in [1.54, 1.807) is 15.9 Å². The summed E-state index contributed by atoms with van der Waals surface area (Å²) in [6.45, 7) is -0.0278. The average molecular weight is 433 g/mol. The van der Waals surface area contributed by atoms with Crippen LogP contribution in [0.1, 0.15) is 60.5 Å². The number of rotatable bonds is 5. The van der Waals surface area contributed by atoms with Crippen molar-refractivity contribution in [2.24, 2.45) is 0 Å². The van der Waals surface area contributed by atoms with Crippen molar-refractivity contribution in [3.63, 3.8) is 0 Å². The van der Waals surface area contributed by atoms with Crippen LogP contribution in [0.2, 0.25) is 0 Å². The third-order valence-corrected chi connectivity index (χ3v) is 6.99. The molecule has 2 saturated heterocycles. The van der Waals surface area contributed by atoms with E-state index in [1.807, 2.05) is 25.2 Å². The second-order valence-corrected chi connectivity index (χ2v) is 8.92. The molecule has 3 aliphatic heterocycles. The predicted octanol–water partition coefficient (Wildman–Crippen LogP) is 1.63. The molecule has 3 atom stereocenters. The van der Waals surface area contributed by atoms with E-state index >= 15 is 0 Å². The van der Waals surface area contributed by atoms with Crippen LogP contribution in [0.3, 0.4) is 0 Å². The number of carbonyl (C=O) groups excluding carboxylic acids is 3. The van der Waals surface area contributed by atoms with Crippen LogP contribution in [0.4, 0.5) is 0 Å². The Balaban J connectivity index is 0.00000218. The molecule has 1 saturated carbocycles. The zero-order valence-corrected chi connectivity index (χ0v) is 18.0. The molecule has 2 bridgehead atoms. The first-order valence-corrected chi connectivity index (χ1v) is 10.7. The lowest BCUT2D eigenvalue weighted by Crippen LogP contribution is -2.51. The summed E-state index contributed by atoms with van der Waals surface area (Å²) in [5, 5.41) is 6.41. The summed E-state index contributed by atoms with van der Waals surface area (Å²) in [5.74, 6) is -0.403. The second kappa shape index (κ2) is 8.19. The molecule has 3 fully saturated rings. The van der Waals surface area contributed by atoms with Crippen LogP contribution in [0.15, 0.2) is 24.3 Å². The monoisotopic (exact) mass is 432 g/mol. The summed E-state index contributed by atoms with van der Waals surface area (Å²) in [6, 6.07) is 8.07. The molecule has 2 N–H and O–H groups in total. The number of likely N-dealkylation sites (N-methyl/N-ethyl adjacent to an activating group) is 1. The van der Waals surface area contributed by atoms with Gasteiger partial charge in [0.1, 0.15) is 6.04 Å². The number of nitrogens with zero attached hydrogens (tertiary/aromatic N) is 2. The van der Waals surface area contributed by atoms with Crippen molar-refractivity contribution in [1.29, 1.82) is 0 Å². The summed E-state index contributed by atoms with van der Waals surface area (Å²) >= 11 is 0. The molecule has 30 heavy (non-hydrogen) atoms. The molecule has 1 aromatic rings. The van der Waals surface area contributed by atoms with Crippen LogP contribution in [-0.4, -0.2) is 65.3 Å². The zero-order chi connectivity index (χ0) is 20.1. The number of benzene rings is 1. The maximum absolute atomic E-state index is 13.0. The molecule has 1 aliphatic carbocycles. The van der Waals surface area contributed by atoms with Crippen LogP contribution >= 0.6 is 12.4 Å². The Kier molecular flexibility index (Phi) is 5.77. The number of halogens is 1. The van der Waals surface area contributed by atoms with E-state index in [0.29, 0.717) is 17.6 Å². The third kappa shape index (κ3) is 3.69. The zero-order valence-electron chi connectivity index (χ0n) is 17.2.